The highest BCUT2D eigenvalue weighted by Gasteiger charge is 2.16. The van der Waals surface area contributed by atoms with Crippen molar-refractivity contribution in [3.63, 3.8) is 0 Å². The highest BCUT2D eigenvalue weighted by Crippen LogP contribution is 1.87. The van der Waals surface area contributed by atoms with Crippen LogP contribution in [0.2, 0.25) is 0 Å². The quantitative estimate of drug-likeness (QED) is 0.253. The summed E-state index contributed by atoms with van der Waals surface area (Å²) in [6.45, 7) is -1.20. The van der Waals surface area contributed by atoms with Gasteiger partial charge in [0.1, 0.15) is 12.6 Å². The van der Waals surface area contributed by atoms with Gasteiger partial charge in [-0.15, -0.1) is 0 Å². The molecule has 0 saturated heterocycles. The molecule has 0 aliphatic heterocycles. The lowest BCUT2D eigenvalue weighted by molar-refractivity contribution is -0.139. The molecule has 9 nitrogen and oxygen atoms in total. The summed E-state index contributed by atoms with van der Waals surface area (Å²) in [5, 5.41) is 23.6. The molecule has 0 unspecified atom stereocenters. The average Bonchev–Trinajstić information content (AvgIpc) is 2.34. The largest absolute Gasteiger partial charge is 0.480 e. The first kappa shape index (κ1) is 17.2. The van der Waals surface area contributed by atoms with Crippen LogP contribution in [0.1, 0.15) is 0 Å². The van der Waals surface area contributed by atoms with Crippen LogP contribution in [0.3, 0.4) is 0 Å². The minimum absolute atomic E-state index is 0.0156. The van der Waals surface area contributed by atoms with Crippen LogP contribution in [0.4, 0.5) is 0 Å². The molecule has 0 bridgehead atoms. The van der Waals surface area contributed by atoms with Crippen LogP contribution in [-0.4, -0.2) is 65.4 Å². The average molecular weight is 293 g/mol. The van der Waals surface area contributed by atoms with Crippen LogP contribution in [0.5, 0.6) is 0 Å². The standard InChI is InChI=1S/C9H15N3O6S/c13-6(1-10-5(4-19)9(17)18)11-2-7(14)12-3-8(15)16/h5,10,19H,1-4H2,(H,11,13)(H,12,14)(H,15,16)(H,17,18)/t5-/m0/s1. The number of rotatable bonds is 9. The number of carbonyl (C=O) groups is 4. The summed E-state index contributed by atoms with van der Waals surface area (Å²) in [6, 6.07) is -0.963. The first-order valence-corrected chi connectivity index (χ1v) is 5.82. The van der Waals surface area contributed by atoms with Crippen molar-refractivity contribution in [1.82, 2.24) is 16.0 Å². The van der Waals surface area contributed by atoms with Gasteiger partial charge in [-0.25, -0.2) is 0 Å². The fourth-order valence-electron chi connectivity index (χ4n) is 0.924. The van der Waals surface area contributed by atoms with Gasteiger partial charge in [0.25, 0.3) is 0 Å². The third-order valence-corrected chi connectivity index (χ3v) is 2.24. The van der Waals surface area contributed by atoms with Gasteiger partial charge < -0.3 is 20.8 Å². The van der Waals surface area contributed by atoms with Crippen LogP contribution in [-0.2, 0) is 19.2 Å². The molecule has 0 saturated carbocycles. The van der Waals surface area contributed by atoms with Gasteiger partial charge in [0, 0.05) is 5.75 Å². The van der Waals surface area contributed by atoms with Crippen LogP contribution >= 0.6 is 12.6 Å². The van der Waals surface area contributed by atoms with E-state index >= 15 is 0 Å². The zero-order valence-electron chi connectivity index (χ0n) is 9.88. The maximum absolute atomic E-state index is 11.2. The number of hydrogen-bond acceptors (Lipinski definition) is 6. The van der Waals surface area contributed by atoms with E-state index in [1.54, 1.807) is 0 Å². The molecular formula is C9H15N3O6S. The first-order chi connectivity index (χ1) is 8.86. The Hall–Kier alpha value is -1.81. The molecule has 0 fully saturated rings. The van der Waals surface area contributed by atoms with Crippen molar-refractivity contribution in [2.75, 3.05) is 25.4 Å². The van der Waals surface area contributed by atoms with Crippen molar-refractivity contribution in [3.8, 4) is 0 Å². The van der Waals surface area contributed by atoms with Gasteiger partial charge in [0.15, 0.2) is 0 Å². The number of carboxylic acids is 2. The Morgan fingerprint density at radius 3 is 1.95 bits per heavy atom. The van der Waals surface area contributed by atoms with Gasteiger partial charge in [-0.1, -0.05) is 0 Å². The molecule has 1 atom stereocenters. The summed E-state index contributed by atoms with van der Waals surface area (Å²) in [5.74, 6) is -3.55. The molecule has 19 heavy (non-hydrogen) atoms. The second-order valence-electron chi connectivity index (χ2n) is 3.40. The molecule has 0 aromatic heterocycles. The zero-order chi connectivity index (χ0) is 14.8. The first-order valence-electron chi connectivity index (χ1n) is 5.19. The predicted octanol–water partition coefficient (Wildman–Crippen LogP) is -2.72. The molecule has 0 spiro atoms. The van der Waals surface area contributed by atoms with Crippen LogP contribution < -0.4 is 16.0 Å². The normalized spacial score (nSPS) is 11.4. The Kier molecular flexibility index (Phi) is 8.29. The lowest BCUT2D eigenvalue weighted by atomic mass is 10.3. The lowest BCUT2D eigenvalue weighted by Crippen LogP contribution is -2.46. The van der Waals surface area contributed by atoms with Crippen molar-refractivity contribution in [1.29, 1.82) is 0 Å². The Morgan fingerprint density at radius 2 is 1.47 bits per heavy atom. The number of amides is 2. The van der Waals surface area contributed by atoms with E-state index in [1.807, 2.05) is 0 Å². The van der Waals surface area contributed by atoms with Crippen LogP contribution in [0, 0.1) is 0 Å². The van der Waals surface area contributed by atoms with Crippen molar-refractivity contribution < 1.29 is 29.4 Å². The summed E-state index contributed by atoms with van der Waals surface area (Å²) in [5.41, 5.74) is 0. The van der Waals surface area contributed by atoms with E-state index in [0.29, 0.717) is 0 Å². The maximum Gasteiger partial charge on any atom is 0.322 e. The predicted molar refractivity (Wildman–Crippen MR) is 66.9 cm³/mol. The molecule has 5 N–H and O–H groups in total. The highest BCUT2D eigenvalue weighted by molar-refractivity contribution is 7.80. The monoisotopic (exact) mass is 293 g/mol. The van der Waals surface area contributed by atoms with E-state index < -0.39 is 36.3 Å². The maximum atomic E-state index is 11.2. The molecule has 0 aromatic carbocycles. The molecule has 0 aliphatic rings. The van der Waals surface area contributed by atoms with Crippen molar-refractivity contribution in [3.05, 3.63) is 0 Å². The molecule has 0 rings (SSSR count). The molecule has 0 heterocycles. The van der Waals surface area contributed by atoms with E-state index in [4.69, 9.17) is 10.2 Å². The molecule has 2 amide bonds. The minimum atomic E-state index is -1.19. The fraction of sp³-hybridized carbons (Fsp3) is 0.556. The number of aliphatic carboxylic acids is 2. The van der Waals surface area contributed by atoms with Gasteiger partial charge in [-0.2, -0.15) is 12.6 Å². The summed E-state index contributed by atoms with van der Waals surface area (Å²) in [7, 11) is 0. The Balaban J connectivity index is 3.83. The van der Waals surface area contributed by atoms with E-state index in [0.717, 1.165) is 0 Å². The highest BCUT2D eigenvalue weighted by atomic mass is 32.1. The number of thiol groups is 1. The van der Waals surface area contributed by atoms with E-state index in [2.05, 4.69) is 28.6 Å². The van der Waals surface area contributed by atoms with E-state index in [9.17, 15) is 19.2 Å². The van der Waals surface area contributed by atoms with Gasteiger partial charge in [0.05, 0.1) is 13.1 Å². The Labute approximate surface area is 114 Å². The summed E-state index contributed by atoms with van der Waals surface area (Å²) >= 11 is 3.79. The van der Waals surface area contributed by atoms with Crippen LogP contribution in [0.25, 0.3) is 0 Å². The Morgan fingerprint density at radius 1 is 0.947 bits per heavy atom. The smallest absolute Gasteiger partial charge is 0.322 e. The van der Waals surface area contributed by atoms with Gasteiger partial charge in [0.2, 0.25) is 11.8 Å². The summed E-state index contributed by atoms with van der Waals surface area (Å²) < 4.78 is 0. The Bertz CT molecular complexity index is 362. The van der Waals surface area contributed by atoms with Crippen molar-refractivity contribution in [2.24, 2.45) is 0 Å². The molecule has 108 valence electrons. The summed E-state index contributed by atoms with van der Waals surface area (Å²) in [6.07, 6.45) is 0. The van der Waals surface area contributed by atoms with E-state index in [-0.39, 0.29) is 18.8 Å². The molecule has 0 aliphatic carbocycles. The van der Waals surface area contributed by atoms with Gasteiger partial charge in [-0.3, -0.25) is 24.5 Å². The third-order valence-electron chi connectivity index (χ3n) is 1.87. The fourth-order valence-corrected chi connectivity index (χ4v) is 1.21. The molecule has 10 heteroatoms. The SMILES string of the molecule is O=C(O)CNC(=O)CNC(=O)CN[C@@H](CS)C(=O)O. The van der Waals surface area contributed by atoms with Crippen molar-refractivity contribution in [2.45, 2.75) is 6.04 Å². The van der Waals surface area contributed by atoms with Crippen molar-refractivity contribution >= 4 is 36.4 Å². The van der Waals surface area contributed by atoms with Crippen LogP contribution in [0.15, 0.2) is 0 Å². The second kappa shape index (κ2) is 9.16. The number of nitrogens with one attached hydrogen (secondary N) is 3. The van der Waals surface area contributed by atoms with E-state index in [1.165, 1.54) is 0 Å². The second-order valence-corrected chi connectivity index (χ2v) is 3.77. The summed E-state index contributed by atoms with van der Waals surface area (Å²) in [4.78, 5) is 43.0. The van der Waals surface area contributed by atoms with Gasteiger partial charge >= 0.3 is 11.9 Å². The lowest BCUT2D eigenvalue weighted by Gasteiger charge is -2.11. The zero-order valence-corrected chi connectivity index (χ0v) is 10.8. The number of carbonyl (C=O) groups excluding carboxylic acids is 2. The molecule has 0 radical (unpaired) electrons. The minimum Gasteiger partial charge on any atom is -0.480 e. The number of carboxylic acid groups (broad SMARTS) is 2. The van der Waals surface area contributed by atoms with Gasteiger partial charge in [-0.05, 0) is 0 Å². The number of hydrogen-bond donors (Lipinski definition) is 6. The molecule has 0 aromatic rings. The topological polar surface area (TPSA) is 145 Å². The third kappa shape index (κ3) is 8.85. The molecular weight excluding hydrogens is 278 g/mol.